The number of benzene rings is 2. The quantitative estimate of drug-likeness (QED) is 0.887. The lowest BCUT2D eigenvalue weighted by Gasteiger charge is -2.07. The van der Waals surface area contributed by atoms with E-state index in [1.54, 1.807) is 24.3 Å². The Kier molecular flexibility index (Phi) is 4.82. The molecule has 0 saturated heterocycles. The summed E-state index contributed by atoms with van der Waals surface area (Å²) in [6, 6.07) is 12.6. The molecule has 2 N–H and O–H groups in total. The van der Waals surface area contributed by atoms with Crippen molar-refractivity contribution in [2.45, 2.75) is 18.2 Å². The SMILES string of the molecule is Cc1ccc(S(=O)(=O)CCC(=O)Nc2cccc(O)c2)cc1. The Morgan fingerprint density at radius 2 is 1.82 bits per heavy atom. The average molecular weight is 319 g/mol. The summed E-state index contributed by atoms with van der Waals surface area (Å²) < 4.78 is 24.3. The largest absolute Gasteiger partial charge is 0.508 e. The predicted octanol–water partition coefficient (Wildman–Crippen LogP) is 2.50. The van der Waals surface area contributed by atoms with Crippen LogP contribution < -0.4 is 5.32 Å². The lowest BCUT2D eigenvalue weighted by atomic mass is 10.2. The molecule has 0 saturated carbocycles. The van der Waals surface area contributed by atoms with Crippen molar-refractivity contribution in [2.75, 3.05) is 11.1 Å². The van der Waals surface area contributed by atoms with Gasteiger partial charge in [-0.2, -0.15) is 0 Å². The molecule has 0 fully saturated rings. The normalized spacial score (nSPS) is 11.1. The fourth-order valence-corrected chi connectivity index (χ4v) is 3.14. The fourth-order valence-electron chi connectivity index (χ4n) is 1.90. The van der Waals surface area contributed by atoms with Crippen LogP contribution in [0.25, 0.3) is 0 Å². The van der Waals surface area contributed by atoms with E-state index in [1.165, 1.54) is 24.3 Å². The van der Waals surface area contributed by atoms with Crippen LogP contribution in [0.3, 0.4) is 0 Å². The van der Waals surface area contributed by atoms with Gasteiger partial charge in [0, 0.05) is 18.2 Å². The van der Waals surface area contributed by atoms with Crippen LogP contribution in [0.2, 0.25) is 0 Å². The van der Waals surface area contributed by atoms with Gasteiger partial charge in [0.25, 0.3) is 0 Å². The van der Waals surface area contributed by atoms with Crippen molar-refractivity contribution in [1.82, 2.24) is 0 Å². The van der Waals surface area contributed by atoms with E-state index in [2.05, 4.69) is 5.32 Å². The highest BCUT2D eigenvalue weighted by atomic mass is 32.2. The van der Waals surface area contributed by atoms with Gasteiger partial charge >= 0.3 is 0 Å². The van der Waals surface area contributed by atoms with Crippen molar-refractivity contribution in [3.63, 3.8) is 0 Å². The molecule has 0 radical (unpaired) electrons. The predicted molar refractivity (Wildman–Crippen MR) is 84.6 cm³/mol. The van der Waals surface area contributed by atoms with Gasteiger partial charge in [0.2, 0.25) is 5.91 Å². The highest BCUT2D eigenvalue weighted by Crippen LogP contribution is 2.16. The zero-order valence-electron chi connectivity index (χ0n) is 12.1. The van der Waals surface area contributed by atoms with Crippen molar-refractivity contribution in [1.29, 1.82) is 0 Å². The molecule has 0 unspecified atom stereocenters. The number of nitrogens with one attached hydrogen (secondary N) is 1. The maximum Gasteiger partial charge on any atom is 0.225 e. The maximum absolute atomic E-state index is 12.1. The molecule has 0 aliphatic heterocycles. The Balaban J connectivity index is 1.97. The van der Waals surface area contributed by atoms with Gasteiger partial charge in [0.05, 0.1) is 10.6 Å². The summed E-state index contributed by atoms with van der Waals surface area (Å²) in [6.45, 7) is 1.87. The molecule has 0 atom stereocenters. The Bertz CT molecular complexity index is 767. The van der Waals surface area contributed by atoms with E-state index < -0.39 is 15.7 Å². The summed E-state index contributed by atoms with van der Waals surface area (Å²) >= 11 is 0. The lowest BCUT2D eigenvalue weighted by Crippen LogP contribution is -2.17. The molecule has 0 aliphatic carbocycles. The average Bonchev–Trinajstić information content (AvgIpc) is 2.46. The maximum atomic E-state index is 12.1. The first-order valence-electron chi connectivity index (χ1n) is 6.75. The second-order valence-electron chi connectivity index (χ2n) is 4.98. The summed E-state index contributed by atoms with van der Waals surface area (Å²) in [4.78, 5) is 12.0. The van der Waals surface area contributed by atoms with Crippen molar-refractivity contribution >= 4 is 21.4 Å². The molecule has 0 bridgehead atoms. The Morgan fingerprint density at radius 3 is 2.45 bits per heavy atom. The van der Waals surface area contributed by atoms with Crippen molar-refractivity contribution in [3.05, 3.63) is 54.1 Å². The zero-order valence-corrected chi connectivity index (χ0v) is 12.9. The third-order valence-corrected chi connectivity index (χ3v) is 4.84. The lowest BCUT2D eigenvalue weighted by molar-refractivity contribution is -0.115. The van der Waals surface area contributed by atoms with Crippen LogP contribution in [0.15, 0.2) is 53.4 Å². The smallest absolute Gasteiger partial charge is 0.225 e. The fraction of sp³-hybridized carbons (Fsp3) is 0.188. The Hall–Kier alpha value is -2.34. The molecule has 0 aliphatic rings. The van der Waals surface area contributed by atoms with Crippen LogP contribution in [0, 0.1) is 6.92 Å². The summed E-state index contributed by atoms with van der Waals surface area (Å²) in [7, 11) is -3.48. The molecular formula is C16H17NO4S. The molecule has 6 heteroatoms. The summed E-state index contributed by atoms with van der Waals surface area (Å²) in [5.41, 5.74) is 1.40. The number of phenolic OH excluding ortho intramolecular Hbond substituents is 1. The first-order valence-corrected chi connectivity index (χ1v) is 8.40. The van der Waals surface area contributed by atoms with Gasteiger partial charge in [-0.1, -0.05) is 23.8 Å². The number of anilines is 1. The minimum Gasteiger partial charge on any atom is -0.508 e. The van der Waals surface area contributed by atoms with Crippen LogP contribution in [0.1, 0.15) is 12.0 Å². The van der Waals surface area contributed by atoms with Crippen molar-refractivity contribution < 1.29 is 18.3 Å². The molecule has 2 aromatic carbocycles. The molecule has 22 heavy (non-hydrogen) atoms. The van der Waals surface area contributed by atoms with Crippen LogP contribution in [-0.2, 0) is 14.6 Å². The van der Waals surface area contributed by atoms with Crippen LogP contribution in [0.5, 0.6) is 5.75 Å². The zero-order chi connectivity index (χ0) is 16.2. The molecule has 0 spiro atoms. The summed E-state index contributed by atoms with van der Waals surface area (Å²) in [6.07, 6.45) is -0.147. The number of carbonyl (C=O) groups excluding carboxylic acids is 1. The number of phenols is 1. The third-order valence-electron chi connectivity index (χ3n) is 3.11. The molecular weight excluding hydrogens is 302 g/mol. The van der Waals surface area contributed by atoms with Gasteiger partial charge < -0.3 is 10.4 Å². The minimum atomic E-state index is -3.48. The molecule has 0 heterocycles. The van der Waals surface area contributed by atoms with Gasteiger partial charge in [-0.25, -0.2) is 8.42 Å². The van der Waals surface area contributed by atoms with Gasteiger partial charge in [-0.3, -0.25) is 4.79 Å². The van der Waals surface area contributed by atoms with E-state index in [9.17, 15) is 18.3 Å². The van der Waals surface area contributed by atoms with E-state index in [4.69, 9.17) is 0 Å². The highest BCUT2D eigenvalue weighted by Gasteiger charge is 2.16. The van der Waals surface area contributed by atoms with Crippen molar-refractivity contribution in [2.24, 2.45) is 0 Å². The van der Waals surface area contributed by atoms with Gasteiger partial charge in [0.1, 0.15) is 5.75 Å². The number of hydrogen-bond donors (Lipinski definition) is 2. The first kappa shape index (κ1) is 16.0. The van der Waals surface area contributed by atoms with Gasteiger partial charge in [-0.05, 0) is 31.2 Å². The standard InChI is InChI=1S/C16H17NO4S/c1-12-5-7-15(8-6-12)22(20,21)10-9-16(19)17-13-3-2-4-14(18)11-13/h2-8,11,18H,9-10H2,1H3,(H,17,19). The Labute approximate surface area is 129 Å². The number of sulfone groups is 1. The highest BCUT2D eigenvalue weighted by molar-refractivity contribution is 7.91. The second-order valence-corrected chi connectivity index (χ2v) is 7.09. The number of aryl methyl sites for hydroxylation is 1. The van der Waals surface area contributed by atoms with Crippen molar-refractivity contribution in [3.8, 4) is 5.75 Å². The van der Waals surface area contributed by atoms with E-state index in [0.717, 1.165) is 5.56 Å². The molecule has 116 valence electrons. The van der Waals surface area contributed by atoms with E-state index in [1.807, 2.05) is 6.92 Å². The third kappa shape index (κ3) is 4.33. The molecule has 2 rings (SSSR count). The van der Waals surface area contributed by atoms with Gasteiger partial charge in [0.15, 0.2) is 9.84 Å². The molecule has 5 nitrogen and oxygen atoms in total. The second kappa shape index (κ2) is 6.62. The number of carbonyl (C=O) groups is 1. The Morgan fingerprint density at radius 1 is 1.14 bits per heavy atom. The summed E-state index contributed by atoms with van der Waals surface area (Å²) in [5, 5.41) is 11.9. The van der Waals surface area contributed by atoms with E-state index in [0.29, 0.717) is 5.69 Å². The topological polar surface area (TPSA) is 83.5 Å². The number of hydrogen-bond acceptors (Lipinski definition) is 4. The van der Waals surface area contributed by atoms with E-state index in [-0.39, 0.29) is 22.8 Å². The summed E-state index contributed by atoms with van der Waals surface area (Å²) in [5.74, 6) is -0.646. The number of aromatic hydroxyl groups is 1. The van der Waals surface area contributed by atoms with Crippen LogP contribution in [-0.4, -0.2) is 25.2 Å². The molecule has 2 aromatic rings. The van der Waals surface area contributed by atoms with Crippen LogP contribution in [0.4, 0.5) is 5.69 Å². The minimum absolute atomic E-state index is 0.0325. The van der Waals surface area contributed by atoms with Gasteiger partial charge in [-0.15, -0.1) is 0 Å². The number of rotatable bonds is 5. The first-order chi connectivity index (χ1) is 10.4. The number of amides is 1. The van der Waals surface area contributed by atoms with E-state index >= 15 is 0 Å². The van der Waals surface area contributed by atoms with Crippen LogP contribution >= 0.6 is 0 Å². The molecule has 1 amide bonds. The molecule has 0 aromatic heterocycles. The monoisotopic (exact) mass is 319 g/mol.